The van der Waals surface area contributed by atoms with Crippen LogP contribution in [0.5, 0.6) is 5.75 Å². The smallest absolute Gasteiger partial charge is 0.268 e. The first kappa shape index (κ1) is 30.3. The molecule has 3 heterocycles. The van der Waals surface area contributed by atoms with Gasteiger partial charge in [-0.25, -0.2) is 0 Å². The van der Waals surface area contributed by atoms with E-state index in [2.05, 4.69) is 60.8 Å². The summed E-state index contributed by atoms with van der Waals surface area (Å²) < 4.78 is 13.6. The van der Waals surface area contributed by atoms with Crippen molar-refractivity contribution in [2.24, 2.45) is 5.92 Å². The van der Waals surface area contributed by atoms with Gasteiger partial charge in [0.25, 0.3) is 5.91 Å². The second-order valence-corrected chi connectivity index (χ2v) is 18.5. The number of carbonyl (C=O) groups is 2. The maximum atomic E-state index is 14.9. The minimum Gasteiger partial charge on any atom is -0.497 e. The Bertz CT molecular complexity index is 1520. The number of hydrogen-bond donors (Lipinski definition) is 1. The van der Waals surface area contributed by atoms with Crippen LogP contribution in [0.4, 0.5) is 11.4 Å². The molecule has 5 atom stereocenters. The zero-order valence-electron chi connectivity index (χ0n) is 25.1. The van der Waals surface area contributed by atoms with Gasteiger partial charge in [-0.15, -0.1) is 0 Å². The predicted molar refractivity (Wildman–Crippen MR) is 179 cm³/mol. The Morgan fingerprint density at radius 3 is 2.51 bits per heavy atom. The molecule has 3 aromatic carbocycles. The van der Waals surface area contributed by atoms with Crippen molar-refractivity contribution in [1.82, 2.24) is 4.90 Å². The Balaban J connectivity index is 1.47. The zero-order chi connectivity index (χ0) is 30.5. The van der Waals surface area contributed by atoms with E-state index in [4.69, 9.17) is 9.47 Å². The minimum atomic E-state index is -2.37. The predicted octanol–water partition coefficient (Wildman–Crippen LogP) is 5.57. The summed E-state index contributed by atoms with van der Waals surface area (Å²) >= 11 is 2.30. The van der Waals surface area contributed by atoms with E-state index >= 15 is 0 Å². The molecular formula is C34H39IN2O5Si. The Morgan fingerprint density at radius 1 is 1.12 bits per heavy atom. The van der Waals surface area contributed by atoms with Gasteiger partial charge in [0, 0.05) is 27.3 Å². The standard InChI is InChI=1S/C34H39IN2O5Si/c1-22-32(43(3,4)27-15-13-26(41-2)14-16-27)30(20-31(39)36-18-8-11-25(36)21-38)42-34(22)28-19-23(35)12-17-29(28)37(33(34)40)24-9-6-5-7-10-24/h5-7,9-10,12-17,19,22,25,30,32,38H,8,11,18,20-21H2,1-4H3/t22-,25+,30+,32-,34+/m1/s1. The third kappa shape index (κ3) is 4.92. The minimum absolute atomic E-state index is 0.0106. The number of anilines is 2. The molecule has 2 fully saturated rings. The molecule has 0 radical (unpaired) electrons. The molecule has 43 heavy (non-hydrogen) atoms. The molecule has 0 unspecified atom stereocenters. The molecule has 226 valence electrons. The number of hydrogen-bond acceptors (Lipinski definition) is 5. The number of carbonyl (C=O) groups excluding carboxylic acids is 2. The van der Waals surface area contributed by atoms with Crippen LogP contribution in [-0.4, -0.2) is 62.3 Å². The summed E-state index contributed by atoms with van der Waals surface area (Å²) in [6.07, 6.45) is 1.41. The fourth-order valence-corrected chi connectivity index (χ4v) is 12.4. The van der Waals surface area contributed by atoms with Crippen LogP contribution < -0.4 is 14.8 Å². The van der Waals surface area contributed by atoms with Crippen molar-refractivity contribution in [1.29, 1.82) is 0 Å². The van der Waals surface area contributed by atoms with Crippen molar-refractivity contribution >= 4 is 59.0 Å². The van der Waals surface area contributed by atoms with Gasteiger partial charge in [0.2, 0.25) is 5.91 Å². The van der Waals surface area contributed by atoms with Crippen molar-refractivity contribution in [2.75, 3.05) is 25.2 Å². The number of methoxy groups -OCH3 is 1. The van der Waals surface area contributed by atoms with Gasteiger partial charge < -0.3 is 19.5 Å². The van der Waals surface area contributed by atoms with Gasteiger partial charge in [0.15, 0.2) is 5.60 Å². The summed E-state index contributed by atoms with van der Waals surface area (Å²) in [6, 6.07) is 24.0. The summed E-state index contributed by atoms with van der Waals surface area (Å²) in [4.78, 5) is 32.4. The second kappa shape index (κ2) is 11.6. The quantitative estimate of drug-likeness (QED) is 0.257. The number of aliphatic hydroxyl groups is 1. The summed E-state index contributed by atoms with van der Waals surface area (Å²) in [7, 11) is -0.709. The first-order valence-electron chi connectivity index (χ1n) is 15.1. The largest absolute Gasteiger partial charge is 0.497 e. The van der Waals surface area contributed by atoms with Gasteiger partial charge >= 0.3 is 0 Å². The number of para-hydroxylation sites is 1. The molecule has 1 spiro atoms. The van der Waals surface area contributed by atoms with E-state index in [9.17, 15) is 14.7 Å². The Hall–Kier alpha value is -2.73. The lowest BCUT2D eigenvalue weighted by atomic mass is 9.82. The fraction of sp³-hybridized carbons (Fsp3) is 0.412. The zero-order valence-corrected chi connectivity index (χ0v) is 28.3. The number of nitrogens with zero attached hydrogens (tertiary/aromatic N) is 2. The third-order valence-corrected chi connectivity index (χ3v) is 15.0. The number of fused-ring (bicyclic) bond motifs is 2. The number of rotatable bonds is 7. The number of amides is 2. The highest BCUT2D eigenvalue weighted by atomic mass is 127. The maximum absolute atomic E-state index is 14.9. The number of likely N-dealkylation sites (tertiary alicyclic amines) is 1. The first-order valence-corrected chi connectivity index (χ1v) is 19.2. The Labute approximate surface area is 268 Å². The molecule has 2 amide bonds. The molecule has 3 aliphatic rings. The number of halogens is 1. The SMILES string of the molecule is COc1ccc([Si](C)(C)[C@H]2[C@H](CC(=O)N3CCC[C@H]3CO)O[C@@]3(C(=O)N(c4ccccc4)c4ccc(I)cc43)[C@@H]2C)cc1. The van der Waals surface area contributed by atoms with E-state index in [0.29, 0.717) is 6.54 Å². The van der Waals surface area contributed by atoms with E-state index < -0.39 is 19.8 Å². The lowest BCUT2D eigenvalue weighted by Gasteiger charge is -2.37. The Morgan fingerprint density at radius 2 is 1.84 bits per heavy atom. The molecule has 6 rings (SSSR count). The highest BCUT2D eigenvalue weighted by molar-refractivity contribution is 14.1. The molecule has 9 heteroatoms. The lowest BCUT2D eigenvalue weighted by Crippen LogP contribution is -2.52. The summed E-state index contributed by atoms with van der Waals surface area (Å²) in [6.45, 7) is 7.40. The second-order valence-electron chi connectivity index (χ2n) is 12.6. The number of benzene rings is 3. The normalized spacial score (nSPS) is 26.8. The van der Waals surface area contributed by atoms with Crippen LogP contribution in [0, 0.1) is 9.49 Å². The average molecular weight is 711 g/mol. The number of aliphatic hydroxyl groups excluding tert-OH is 1. The van der Waals surface area contributed by atoms with Gasteiger partial charge in [0.05, 0.1) is 46.0 Å². The van der Waals surface area contributed by atoms with Gasteiger partial charge in [-0.1, -0.05) is 55.5 Å². The number of ether oxygens (including phenoxy) is 2. The van der Waals surface area contributed by atoms with Crippen molar-refractivity contribution in [3.05, 3.63) is 81.9 Å². The van der Waals surface area contributed by atoms with E-state index in [1.807, 2.05) is 59.5 Å². The van der Waals surface area contributed by atoms with E-state index in [1.165, 1.54) is 5.19 Å². The van der Waals surface area contributed by atoms with E-state index in [1.54, 1.807) is 12.0 Å². The molecule has 7 nitrogen and oxygen atoms in total. The monoisotopic (exact) mass is 710 g/mol. The Kier molecular flexibility index (Phi) is 8.21. The van der Waals surface area contributed by atoms with E-state index in [0.717, 1.165) is 39.1 Å². The van der Waals surface area contributed by atoms with Crippen LogP contribution in [0.1, 0.15) is 31.7 Å². The molecule has 3 aromatic rings. The topological polar surface area (TPSA) is 79.3 Å². The van der Waals surface area contributed by atoms with Crippen LogP contribution >= 0.6 is 22.6 Å². The summed E-state index contributed by atoms with van der Waals surface area (Å²) in [5.41, 5.74) is 1.24. The summed E-state index contributed by atoms with van der Waals surface area (Å²) in [5, 5.41) is 11.2. The molecular weight excluding hydrogens is 671 g/mol. The van der Waals surface area contributed by atoms with Gasteiger partial charge in [0.1, 0.15) is 5.75 Å². The lowest BCUT2D eigenvalue weighted by molar-refractivity contribution is -0.149. The van der Waals surface area contributed by atoms with E-state index in [-0.39, 0.29) is 42.3 Å². The van der Waals surface area contributed by atoms with Gasteiger partial charge in [-0.2, -0.15) is 0 Å². The molecule has 2 saturated heterocycles. The molecule has 1 N–H and O–H groups in total. The molecule has 0 aromatic heterocycles. The highest BCUT2D eigenvalue weighted by Crippen LogP contribution is 2.61. The molecule has 0 bridgehead atoms. The highest BCUT2D eigenvalue weighted by Gasteiger charge is 2.66. The molecule has 0 saturated carbocycles. The van der Waals surface area contributed by atoms with Crippen LogP contribution in [-0.2, 0) is 19.9 Å². The molecule has 3 aliphatic heterocycles. The van der Waals surface area contributed by atoms with Crippen LogP contribution in [0.2, 0.25) is 18.6 Å². The van der Waals surface area contributed by atoms with Crippen molar-refractivity contribution < 1.29 is 24.2 Å². The first-order chi connectivity index (χ1) is 20.6. The van der Waals surface area contributed by atoms with Crippen LogP contribution in [0.25, 0.3) is 0 Å². The van der Waals surface area contributed by atoms with Crippen molar-refractivity contribution in [3.8, 4) is 5.75 Å². The third-order valence-electron chi connectivity index (χ3n) is 10.0. The maximum Gasteiger partial charge on any atom is 0.268 e. The van der Waals surface area contributed by atoms with Gasteiger partial charge in [-0.05, 0) is 83.4 Å². The van der Waals surface area contributed by atoms with Crippen LogP contribution in [0.3, 0.4) is 0 Å². The summed E-state index contributed by atoms with van der Waals surface area (Å²) in [5.74, 6) is 0.490. The molecule has 0 aliphatic carbocycles. The fourth-order valence-electron chi connectivity index (χ4n) is 7.89. The average Bonchev–Trinajstić information content (AvgIpc) is 3.67. The van der Waals surface area contributed by atoms with Gasteiger partial charge in [-0.3, -0.25) is 14.5 Å². The van der Waals surface area contributed by atoms with Crippen LogP contribution in [0.15, 0.2) is 72.8 Å². The van der Waals surface area contributed by atoms with Crippen molar-refractivity contribution in [3.63, 3.8) is 0 Å². The van der Waals surface area contributed by atoms with Crippen molar-refractivity contribution in [2.45, 2.75) is 62.6 Å².